The number of hydrogen-bond acceptors (Lipinski definition) is 3. The highest BCUT2D eigenvalue weighted by molar-refractivity contribution is 5.79. The topological polar surface area (TPSA) is 54.0 Å². The summed E-state index contributed by atoms with van der Waals surface area (Å²) < 4.78 is 18.6. The molecule has 4 heteroatoms. The molecular weight excluding hydrogens is 269 g/mol. The van der Waals surface area contributed by atoms with Gasteiger partial charge in [0.2, 0.25) is 0 Å². The molecule has 0 aliphatic heterocycles. The van der Waals surface area contributed by atoms with E-state index >= 15 is 0 Å². The Kier molecular flexibility index (Phi) is 3.25. The lowest BCUT2D eigenvalue weighted by atomic mass is 10.1. The summed E-state index contributed by atoms with van der Waals surface area (Å²) in [7, 11) is 0. The van der Waals surface area contributed by atoms with Gasteiger partial charge in [0.25, 0.3) is 0 Å². The van der Waals surface area contributed by atoms with Crippen molar-refractivity contribution in [3.63, 3.8) is 0 Å². The highest BCUT2D eigenvalue weighted by Crippen LogP contribution is 2.23. The standard InChI is InChI=1S/C17H10FNO2/c18-13-4-2-12(3-5-13)17-10-15(20)14-9-11(7-8-19)1-6-16(14)21-17/h1-6,9-10H,7H2. The van der Waals surface area contributed by atoms with Gasteiger partial charge in [-0.25, -0.2) is 4.39 Å². The van der Waals surface area contributed by atoms with Crippen molar-refractivity contribution >= 4 is 11.0 Å². The summed E-state index contributed by atoms with van der Waals surface area (Å²) in [4.78, 5) is 12.2. The lowest BCUT2D eigenvalue weighted by molar-refractivity contribution is 0.615. The summed E-state index contributed by atoms with van der Waals surface area (Å²) in [6, 6.07) is 14.3. The van der Waals surface area contributed by atoms with E-state index in [9.17, 15) is 9.18 Å². The summed E-state index contributed by atoms with van der Waals surface area (Å²) in [5.74, 6) is 0.0450. The molecule has 0 saturated carbocycles. The molecule has 0 radical (unpaired) electrons. The van der Waals surface area contributed by atoms with Crippen molar-refractivity contribution in [3.8, 4) is 17.4 Å². The lowest BCUT2D eigenvalue weighted by Gasteiger charge is -2.04. The highest BCUT2D eigenvalue weighted by atomic mass is 19.1. The Balaban J connectivity index is 2.16. The van der Waals surface area contributed by atoms with Gasteiger partial charge in [-0.2, -0.15) is 5.26 Å². The fourth-order valence-corrected chi connectivity index (χ4v) is 2.16. The summed E-state index contributed by atoms with van der Waals surface area (Å²) >= 11 is 0. The Morgan fingerprint density at radius 1 is 1.10 bits per heavy atom. The molecule has 2 aromatic carbocycles. The number of benzene rings is 2. The first-order chi connectivity index (χ1) is 10.2. The van der Waals surface area contributed by atoms with Gasteiger partial charge in [-0.1, -0.05) is 6.07 Å². The third-order valence-corrected chi connectivity index (χ3v) is 3.20. The maximum atomic E-state index is 12.9. The van der Waals surface area contributed by atoms with Crippen molar-refractivity contribution in [1.29, 1.82) is 5.26 Å². The minimum Gasteiger partial charge on any atom is -0.456 e. The van der Waals surface area contributed by atoms with Crippen LogP contribution >= 0.6 is 0 Å². The van der Waals surface area contributed by atoms with Crippen LogP contribution in [0.5, 0.6) is 0 Å². The Morgan fingerprint density at radius 3 is 2.57 bits per heavy atom. The van der Waals surface area contributed by atoms with E-state index < -0.39 is 0 Å². The largest absolute Gasteiger partial charge is 0.456 e. The summed E-state index contributed by atoms with van der Waals surface area (Å²) in [5, 5.41) is 9.13. The van der Waals surface area contributed by atoms with Crippen molar-refractivity contribution in [2.45, 2.75) is 6.42 Å². The van der Waals surface area contributed by atoms with Crippen LogP contribution < -0.4 is 5.43 Å². The van der Waals surface area contributed by atoms with Gasteiger partial charge in [-0.3, -0.25) is 4.79 Å². The van der Waals surface area contributed by atoms with E-state index in [1.165, 1.54) is 18.2 Å². The number of halogens is 1. The maximum Gasteiger partial charge on any atom is 0.193 e. The summed E-state index contributed by atoms with van der Waals surface area (Å²) in [6.45, 7) is 0. The molecule has 0 spiro atoms. The third-order valence-electron chi connectivity index (χ3n) is 3.20. The number of nitrogens with zero attached hydrogens (tertiary/aromatic N) is 1. The first kappa shape index (κ1) is 13.1. The Bertz CT molecular complexity index is 905. The number of rotatable bonds is 2. The van der Waals surface area contributed by atoms with Crippen LogP contribution in [0.1, 0.15) is 5.56 Å². The van der Waals surface area contributed by atoms with Gasteiger partial charge in [0, 0.05) is 11.6 Å². The SMILES string of the molecule is N#CCc1ccc2oc(-c3ccc(F)cc3)cc(=O)c2c1. The Labute approximate surface area is 119 Å². The minimum atomic E-state index is -0.344. The van der Waals surface area contributed by atoms with Gasteiger partial charge in [0.05, 0.1) is 17.9 Å². The molecule has 0 fully saturated rings. The second-order valence-electron chi connectivity index (χ2n) is 4.65. The first-order valence-electron chi connectivity index (χ1n) is 6.37. The molecule has 0 unspecified atom stereocenters. The van der Waals surface area contributed by atoms with E-state index in [-0.39, 0.29) is 17.7 Å². The molecule has 21 heavy (non-hydrogen) atoms. The van der Waals surface area contributed by atoms with E-state index in [4.69, 9.17) is 9.68 Å². The average molecular weight is 279 g/mol. The van der Waals surface area contributed by atoms with Crippen molar-refractivity contribution in [2.75, 3.05) is 0 Å². The van der Waals surface area contributed by atoms with E-state index in [0.717, 1.165) is 5.56 Å². The fourth-order valence-electron chi connectivity index (χ4n) is 2.16. The molecule has 1 aromatic heterocycles. The molecule has 3 nitrogen and oxygen atoms in total. The molecular formula is C17H10FNO2. The van der Waals surface area contributed by atoms with Crippen LogP contribution in [0.25, 0.3) is 22.3 Å². The predicted octanol–water partition coefficient (Wildman–Crippen LogP) is 3.67. The zero-order valence-corrected chi connectivity index (χ0v) is 11.0. The molecule has 0 atom stereocenters. The van der Waals surface area contributed by atoms with Crippen molar-refractivity contribution in [1.82, 2.24) is 0 Å². The zero-order chi connectivity index (χ0) is 14.8. The molecule has 0 aliphatic carbocycles. The van der Waals surface area contributed by atoms with Crippen LogP contribution in [-0.4, -0.2) is 0 Å². The third kappa shape index (κ3) is 2.54. The Morgan fingerprint density at radius 2 is 1.86 bits per heavy atom. The van der Waals surface area contributed by atoms with E-state index in [2.05, 4.69) is 0 Å². The van der Waals surface area contributed by atoms with E-state index in [1.807, 2.05) is 6.07 Å². The first-order valence-corrected chi connectivity index (χ1v) is 6.37. The molecule has 102 valence electrons. The molecule has 0 aliphatic rings. The van der Waals surface area contributed by atoms with E-state index in [0.29, 0.717) is 22.3 Å². The maximum absolute atomic E-state index is 12.9. The van der Waals surface area contributed by atoms with Crippen LogP contribution in [0.2, 0.25) is 0 Å². The van der Waals surface area contributed by atoms with Crippen LogP contribution in [0, 0.1) is 17.1 Å². The second kappa shape index (κ2) is 5.22. The summed E-state index contributed by atoms with van der Waals surface area (Å²) in [5.41, 5.74) is 1.67. The van der Waals surface area contributed by atoms with Crippen LogP contribution in [-0.2, 0) is 6.42 Å². The molecule has 1 heterocycles. The quantitative estimate of drug-likeness (QED) is 0.719. The van der Waals surface area contributed by atoms with Gasteiger partial charge >= 0.3 is 0 Å². The number of nitriles is 1. The van der Waals surface area contributed by atoms with Crippen LogP contribution in [0.4, 0.5) is 4.39 Å². The second-order valence-corrected chi connectivity index (χ2v) is 4.65. The van der Waals surface area contributed by atoms with Crippen LogP contribution in [0.3, 0.4) is 0 Å². The number of hydrogen-bond donors (Lipinski definition) is 0. The smallest absolute Gasteiger partial charge is 0.193 e. The van der Waals surface area contributed by atoms with Crippen LogP contribution in [0.15, 0.2) is 57.7 Å². The lowest BCUT2D eigenvalue weighted by Crippen LogP contribution is -2.01. The zero-order valence-electron chi connectivity index (χ0n) is 11.0. The minimum absolute atomic E-state index is 0.185. The van der Waals surface area contributed by atoms with Crippen molar-refractivity contribution in [3.05, 3.63) is 70.1 Å². The highest BCUT2D eigenvalue weighted by Gasteiger charge is 2.08. The fraction of sp³-hybridized carbons (Fsp3) is 0.0588. The van der Waals surface area contributed by atoms with Gasteiger partial charge in [0.1, 0.15) is 17.2 Å². The Hall–Kier alpha value is -2.93. The van der Waals surface area contributed by atoms with Gasteiger partial charge in [-0.15, -0.1) is 0 Å². The monoisotopic (exact) mass is 279 g/mol. The average Bonchev–Trinajstić information content (AvgIpc) is 2.49. The summed E-state index contributed by atoms with van der Waals surface area (Å²) in [6.07, 6.45) is 0.245. The molecule has 0 saturated heterocycles. The van der Waals surface area contributed by atoms with Gasteiger partial charge in [-0.05, 0) is 42.0 Å². The molecule has 3 rings (SSSR count). The molecule has 0 amide bonds. The molecule has 0 N–H and O–H groups in total. The molecule has 0 bridgehead atoms. The number of fused-ring (bicyclic) bond motifs is 1. The predicted molar refractivity (Wildman–Crippen MR) is 77.2 cm³/mol. The van der Waals surface area contributed by atoms with Crippen molar-refractivity contribution < 1.29 is 8.81 Å². The van der Waals surface area contributed by atoms with Gasteiger partial charge < -0.3 is 4.42 Å². The molecule has 3 aromatic rings. The van der Waals surface area contributed by atoms with Gasteiger partial charge in [0.15, 0.2) is 5.43 Å². The van der Waals surface area contributed by atoms with E-state index in [1.54, 1.807) is 30.3 Å². The van der Waals surface area contributed by atoms with Crippen molar-refractivity contribution in [2.24, 2.45) is 0 Å². The normalized spacial score (nSPS) is 10.5.